The number of pyridine rings is 1. The third-order valence-electron chi connectivity index (χ3n) is 4.60. The molecule has 4 rings (SSSR count). The van der Waals surface area contributed by atoms with E-state index in [1.165, 1.54) is 33.4 Å². The van der Waals surface area contributed by atoms with Gasteiger partial charge in [0.15, 0.2) is 0 Å². The van der Waals surface area contributed by atoms with Gasteiger partial charge < -0.3 is 5.32 Å². The smallest absolute Gasteiger partial charge is 0.0780 e. The summed E-state index contributed by atoms with van der Waals surface area (Å²) in [6.45, 7) is 8.26. The van der Waals surface area contributed by atoms with Crippen molar-refractivity contribution in [2.24, 2.45) is 0 Å². The Morgan fingerprint density at radius 2 is 1.72 bits per heavy atom. The number of benzene rings is 1. The zero-order valence-electron chi connectivity index (χ0n) is 15.2. The molecule has 1 aromatic heterocycles. The molecule has 1 fully saturated rings. The lowest BCUT2D eigenvalue weighted by Gasteiger charge is -2.22. The van der Waals surface area contributed by atoms with Crippen molar-refractivity contribution in [3.8, 4) is 0 Å². The fourth-order valence-electron chi connectivity index (χ4n) is 3.48. The maximum absolute atomic E-state index is 4.78. The van der Waals surface area contributed by atoms with Crippen LogP contribution in [0.15, 0.2) is 40.5 Å². The van der Waals surface area contributed by atoms with E-state index < -0.39 is 0 Å². The first kappa shape index (κ1) is 18.1. The van der Waals surface area contributed by atoms with Crippen molar-refractivity contribution in [1.29, 1.82) is 0 Å². The first-order valence-corrected chi connectivity index (χ1v) is 9.89. The third kappa shape index (κ3) is 3.78. The second-order valence-corrected chi connectivity index (χ2v) is 7.16. The lowest BCUT2D eigenvalue weighted by atomic mass is 9.88. The van der Waals surface area contributed by atoms with Gasteiger partial charge in [-0.05, 0) is 66.0 Å². The Morgan fingerprint density at radius 3 is 2.48 bits per heavy atom. The zero-order chi connectivity index (χ0) is 17.8. The number of rotatable bonds is 0. The molecule has 1 aliphatic carbocycles. The van der Waals surface area contributed by atoms with Crippen LogP contribution < -0.4 is 5.32 Å². The van der Waals surface area contributed by atoms with Gasteiger partial charge in [-0.2, -0.15) is 0 Å². The van der Waals surface area contributed by atoms with Crippen LogP contribution in [0.5, 0.6) is 0 Å². The molecule has 0 amide bonds. The molecule has 2 aromatic rings. The molecule has 1 aromatic carbocycles. The average molecular weight is 397 g/mol. The van der Waals surface area contributed by atoms with Crippen LogP contribution >= 0.6 is 15.9 Å². The molecule has 0 atom stereocenters. The minimum absolute atomic E-state index is 1.03. The molecule has 130 valence electrons. The molecule has 2 aliphatic rings. The van der Waals surface area contributed by atoms with Crippen LogP contribution in [-0.2, 0) is 0 Å². The number of fused-ring (bicyclic) bond motifs is 2. The topological polar surface area (TPSA) is 24.9 Å². The van der Waals surface area contributed by atoms with E-state index in [1.807, 2.05) is 20.0 Å². The van der Waals surface area contributed by atoms with Gasteiger partial charge in [-0.1, -0.05) is 55.3 Å². The first-order chi connectivity index (χ1) is 12.2. The number of aryl methyl sites for hydroxylation is 1. The van der Waals surface area contributed by atoms with E-state index in [-0.39, 0.29) is 0 Å². The summed E-state index contributed by atoms with van der Waals surface area (Å²) in [6.07, 6.45) is 8.52. The number of hydrogen-bond donors (Lipinski definition) is 1. The predicted molar refractivity (Wildman–Crippen MR) is 112 cm³/mol. The van der Waals surface area contributed by atoms with E-state index in [9.17, 15) is 0 Å². The van der Waals surface area contributed by atoms with Crippen molar-refractivity contribution in [3.63, 3.8) is 0 Å². The van der Waals surface area contributed by atoms with Crippen molar-refractivity contribution in [2.45, 2.75) is 33.6 Å². The Morgan fingerprint density at radius 1 is 1.00 bits per heavy atom. The molecule has 0 radical (unpaired) electrons. The van der Waals surface area contributed by atoms with Crippen molar-refractivity contribution in [3.05, 3.63) is 68.5 Å². The average Bonchev–Trinajstić information content (AvgIpc) is 2.80. The van der Waals surface area contributed by atoms with Crippen LogP contribution in [0.25, 0.3) is 17.7 Å². The van der Waals surface area contributed by atoms with E-state index in [0.717, 1.165) is 36.1 Å². The minimum Gasteiger partial charge on any atom is -0.316 e. The summed E-state index contributed by atoms with van der Waals surface area (Å²) >= 11 is 3.56. The molecule has 1 saturated heterocycles. The number of hydrogen-bond acceptors (Lipinski definition) is 2. The lowest BCUT2D eigenvalue weighted by Crippen LogP contribution is -2.24. The fourth-order valence-corrected chi connectivity index (χ4v) is 3.83. The highest BCUT2D eigenvalue weighted by molar-refractivity contribution is 9.10. The summed E-state index contributed by atoms with van der Waals surface area (Å²) in [6, 6.07) is 8.91. The second-order valence-electron chi connectivity index (χ2n) is 6.24. The summed E-state index contributed by atoms with van der Waals surface area (Å²) in [5, 5.41) is 3.46. The van der Waals surface area contributed by atoms with E-state index in [0.29, 0.717) is 0 Å². The number of nitrogens with one attached hydrogen (secondary N) is 1. The molecule has 0 unspecified atom stereocenters. The van der Waals surface area contributed by atoms with E-state index in [1.54, 1.807) is 0 Å². The summed E-state index contributed by atoms with van der Waals surface area (Å²) in [7, 11) is 0. The van der Waals surface area contributed by atoms with Crippen molar-refractivity contribution < 1.29 is 0 Å². The summed E-state index contributed by atoms with van der Waals surface area (Å²) in [5.41, 5.74) is 9.07. The molecule has 3 heteroatoms. The highest BCUT2D eigenvalue weighted by atomic mass is 79.9. The van der Waals surface area contributed by atoms with Crippen LogP contribution in [0.1, 0.15) is 54.6 Å². The highest BCUT2D eigenvalue weighted by Crippen LogP contribution is 2.38. The van der Waals surface area contributed by atoms with Crippen LogP contribution in [0.4, 0.5) is 0 Å². The van der Waals surface area contributed by atoms with Gasteiger partial charge in [0, 0.05) is 21.8 Å². The van der Waals surface area contributed by atoms with Crippen LogP contribution in [0, 0.1) is 6.92 Å². The number of piperidine rings is 1. The highest BCUT2D eigenvalue weighted by Gasteiger charge is 2.21. The number of aromatic nitrogens is 1. The largest absolute Gasteiger partial charge is 0.316 e. The molecule has 1 N–H and O–H groups in total. The Labute approximate surface area is 159 Å². The van der Waals surface area contributed by atoms with Gasteiger partial charge in [0.1, 0.15) is 0 Å². The van der Waals surface area contributed by atoms with Crippen LogP contribution in [-0.4, -0.2) is 18.1 Å². The molecular weight excluding hydrogens is 372 g/mol. The molecule has 2 heterocycles. The summed E-state index contributed by atoms with van der Waals surface area (Å²) in [4.78, 5) is 4.78. The van der Waals surface area contributed by atoms with Crippen molar-refractivity contribution >= 4 is 33.7 Å². The van der Waals surface area contributed by atoms with Gasteiger partial charge in [0.05, 0.1) is 5.69 Å². The Hall–Kier alpha value is -1.71. The zero-order valence-corrected chi connectivity index (χ0v) is 16.8. The standard InChI is InChI=1S/C20H19BrN2.C2H6/c1-13-2-5-18-15(10-13)3-4-16-11-17(21)12-23-20(16)19(18)14-6-8-22-9-7-14;1-2/h2-5,10-12,22H,6-9H2,1H3;1-2H3. The number of nitrogens with zero attached hydrogens (tertiary/aromatic N) is 1. The molecule has 0 saturated carbocycles. The van der Waals surface area contributed by atoms with Crippen molar-refractivity contribution in [1.82, 2.24) is 10.3 Å². The molecule has 1 aliphatic heterocycles. The summed E-state index contributed by atoms with van der Waals surface area (Å²) < 4.78 is 1.03. The van der Waals surface area contributed by atoms with Gasteiger partial charge >= 0.3 is 0 Å². The number of halogens is 1. The molecule has 25 heavy (non-hydrogen) atoms. The van der Waals surface area contributed by atoms with E-state index in [4.69, 9.17) is 4.98 Å². The SMILES string of the molecule is CC.Cc1ccc2c(c1)C=Cc1cc(Br)cnc1C2=C1CCNCC1. The van der Waals surface area contributed by atoms with Crippen LogP contribution in [0.3, 0.4) is 0 Å². The Bertz CT molecular complexity index is 768. The van der Waals surface area contributed by atoms with Gasteiger partial charge in [-0.3, -0.25) is 4.98 Å². The first-order valence-electron chi connectivity index (χ1n) is 9.10. The quantitative estimate of drug-likeness (QED) is 0.515. The van der Waals surface area contributed by atoms with Gasteiger partial charge in [0.25, 0.3) is 0 Å². The second kappa shape index (κ2) is 8.11. The maximum atomic E-state index is 4.78. The molecule has 2 nitrogen and oxygen atoms in total. The third-order valence-corrected chi connectivity index (χ3v) is 5.03. The fraction of sp³-hybridized carbons (Fsp3) is 0.318. The molecule has 0 spiro atoms. The van der Waals surface area contributed by atoms with Gasteiger partial charge in [0.2, 0.25) is 0 Å². The molecule has 0 bridgehead atoms. The maximum Gasteiger partial charge on any atom is 0.0780 e. The lowest BCUT2D eigenvalue weighted by molar-refractivity contribution is 0.611. The van der Waals surface area contributed by atoms with Gasteiger partial charge in [-0.25, -0.2) is 0 Å². The van der Waals surface area contributed by atoms with Gasteiger partial charge in [-0.15, -0.1) is 0 Å². The van der Waals surface area contributed by atoms with E-state index >= 15 is 0 Å². The predicted octanol–water partition coefficient (Wildman–Crippen LogP) is 5.85. The minimum atomic E-state index is 1.03. The summed E-state index contributed by atoms with van der Waals surface area (Å²) in [5.74, 6) is 0. The monoisotopic (exact) mass is 396 g/mol. The Kier molecular flexibility index (Phi) is 5.87. The Balaban J connectivity index is 0.000000880. The van der Waals surface area contributed by atoms with Crippen LogP contribution in [0.2, 0.25) is 0 Å². The van der Waals surface area contributed by atoms with Crippen molar-refractivity contribution in [2.75, 3.05) is 13.1 Å². The van der Waals surface area contributed by atoms with E-state index in [2.05, 4.69) is 64.6 Å². The molecular formula is C22H25BrN2. The normalized spacial score (nSPS) is 15.7.